The largest absolute Gasteiger partial charge is 0.391 e. The summed E-state index contributed by atoms with van der Waals surface area (Å²) in [4.78, 5) is 17.6. The number of aliphatic hydroxyl groups excluding tert-OH is 1. The lowest BCUT2D eigenvalue weighted by Crippen LogP contribution is -2.55. The number of carbonyl (C=O) groups excluding carboxylic acids is 1. The van der Waals surface area contributed by atoms with Gasteiger partial charge in [0.25, 0.3) is 0 Å². The molecule has 0 unspecified atom stereocenters. The number of nitrogens with zero attached hydrogens (tertiary/aromatic N) is 2. The highest BCUT2D eigenvalue weighted by atomic mass is 16.3. The fraction of sp³-hybridized carbons (Fsp3) is 0.650. The molecule has 3 fully saturated rings. The van der Waals surface area contributed by atoms with Crippen LogP contribution in [0.1, 0.15) is 43.2 Å². The molecule has 1 amide bonds. The van der Waals surface area contributed by atoms with E-state index in [1.807, 2.05) is 6.07 Å². The second kappa shape index (κ2) is 6.16. The van der Waals surface area contributed by atoms with Crippen LogP contribution in [0.4, 0.5) is 0 Å². The van der Waals surface area contributed by atoms with Crippen molar-refractivity contribution in [2.45, 2.75) is 56.6 Å². The first kappa shape index (κ1) is 16.1. The zero-order valence-corrected chi connectivity index (χ0v) is 14.6. The number of piperazine rings is 1. The van der Waals surface area contributed by atoms with E-state index in [9.17, 15) is 9.90 Å². The standard InChI is InChI=1S/C20H28N2O2/c1-15-5-2-3-6-16(15)20(9-10-20)19(24)22-13-11-21(12-14-22)17-7-4-8-18(17)23/h2-3,5-6,17-18,23H,4,7-14H2,1H3/t17-,18+/m0/s1. The number of rotatable bonds is 3. The molecule has 2 atom stereocenters. The van der Waals surface area contributed by atoms with E-state index < -0.39 is 0 Å². The predicted octanol–water partition coefficient (Wildman–Crippen LogP) is 2.08. The molecule has 2 saturated carbocycles. The molecule has 0 bridgehead atoms. The second-order valence-electron chi connectivity index (χ2n) is 7.79. The summed E-state index contributed by atoms with van der Waals surface area (Å²) in [5.41, 5.74) is 2.21. The lowest BCUT2D eigenvalue weighted by molar-refractivity contribution is -0.136. The first-order valence-electron chi connectivity index (χ1n) is 9.39. The van der Waals surface area contributed by atoms with Crippen molar-refractivity contribution in [2.75, 3.05) is 26.2 Å². The second-order valence-corrected chi connectivity index (χ2v) is 7.79. The molecule has 1 aromatic rings. The third-order valence-corrected chi connectivity index (χ3v) is 6.33. The number of hydrogen-bond donors (Lipinski definition) is 1. The summed E-state index contributed by atoms with van der Waals surface area (Å²) >= 11 is 0. The average Bonchev–Trinajstić information content (AvgIpc) is 3.30. The Labute approximate surface area is 144 Å². The molecule has 4 nitrogen and oxygen atoms in total. The van der Waals surface area contributed by atoms with Gasteiger partial charge < -0.3 is 10.0 Å². The van der Waals surface area contributed by atoms with E-state index in [1.54, 1.807) is 0 Å². The molecule has 0 spiro atoms. The van der Waals surface area contributed by atoms with Crippen LogP contribution in [0.15, 0.2) is 24.3 Å². The van der Waals surface area contributed by atoms with E-state index >= 15 is 0 Å². The van der Waals surface area contributed by atoms with Crippen molar-refractivity contribution in [3.05, 3.63) is 35.4 Å². The SMILES string of the molecule is Cc1ccccc1C1(C(=O)N2CCN([C@H]3CCC[C@H]3O)CC2)CC1. The molecule has 0 aromatic heterocycles. The highest BCUT2D eigenvalue weighted by molar-refractivity contribution is 5.91. The van der Waals surface area contributed by atoms with Crippen molar-refractivity contribution >= 4 is 5.91 Å². The van der Waals surface area contributed by atoms with Gasteiger partial charge in [0.1, 0.15) is 0 Å². The third kappa shape index (κ3) is 2.66. The third-order valence-electron chi connectivity index (χ3n) is 6.33. The molecule has 1 aromatic carbocycles. The van der Waals surface area contributed by atoms with Gasteiger partial charge in [-0.1, -0.05) is 24.3 Å². The summed E-state index contributed by atoms with van der Waals surface area (Å²) in [6.07, 6.45) is 4.95. The van der Waals surface area contributed by atoms with Gasteiger partial charge in [-0.15, -0.1) is 0 Å². The Kier molecular flexibility index (Phi) is 4.13. The lowest BCUT2D eigenvalue weighted by atomic mass is 9.90. The van der Waals surface area contributed by atoms with Crippen LogP contribution in [0, 0.1) is 6.92 Å². The zero-order chi connectivity index (χ0) is 16.7. The van der Waals surface area contributed by atoms with Gasteiger partial charge in [-0.25, -0.2) is 0 Å². The van der Waals surface area contributed by atoms with Crippen LogP contribution in [0.5, 0.6) is 0 Å². The molecular weight excluding hydrogens is 300 g/mol. The van der Waals surface area contributed by atoms with Crippen LogP contribution in [0.2, 0.25) is 0 Å². The van der Waals surface area contributed by atoms with Gasteiger partial charge in [0.2, 0.25) is 5.91 Å². The van der Waals surface area contributed by atoms with E-state index in [0.29, 0.717) is 11.9 Å². The average molecular weight is 328 g/mol. The van der Waals surface area contributed by atoms with Gasteiger partial charge in [-0.3, -0.25) is 9.69 Å². The number of benzene rings is 1. The Morgan fingerprint density at radius 1 is 1.12 bits per heavy atom. The first-order chi connectivity index (χ1) is 11.6. The predicted molar refractivity (Wildman–Crippen MR) is 93.9 cm³/mol. The van der Waals surface area contributed by atoms with Gasteiger partial charge in [-0.2, -0.15) is 0 Å². The molecule has 2 aliphatic carbocycles. The quantitative estimate of drug-likeness (QED) is 0.924. The van der Waals surface area contributed by atoms with E-state index in [0.717, 1.165) is 58.3 Å². The Morgan fingerprint density at radius 3 is 2.42 bits per heavy atom. The minimum absolute atomic E-state index is 0.172. The molecular formula is C20H28N2O2. The van der Waals surface area contributed by atoms with Crippen molar-refractivity contribution in [1.82, 2.24) is 9.80 Å². The van der Waals surface area contributed by atoms with E-state index in [1.165, 1.54) is 11.1 Å². The summed E-state index contributed by atoms with van der Waals surface area (Å²) < 4.78 is 0. The summed E-state index contributed by atoms with van der Waals surface area (Å²) in [6, 6.07) is 8.65. The van der Waals surface area contributed by atoms with E-state index in [2.05, 4.69) is 34.9 Å². The summed E-state index contributed by atoms with van der Waals surface area (Å²) in [7, 11) is 0. The number of carbonyl (C=O) groups is 1. The highest BCUT2D eigenvalue weighted by Gasteiger charge is 2.53. The Morgan fingerprint density at radius 2 is 1.83 bits per heavy atom. The maximum atomic E-state index is 13.2. The number of amides is 1. The topological polar surface area (TPSA) is 43.8 Å². The van der Waals surface area contributed by atoms with Crippen molar-refractivity contribution in [3.8, 4) is 0 Å². The molecule has 1 heterocycles. The Balaban J connectivity index is 1.43. The van der Waals surface area contributed by atoms with Gasteiger partial charge in [-0.05, 0) is 50.2 Å². The molecule has 1 N–H and O–H groups in total. The lowest BCUT2D eigenvalue weighted by Gasteiger charge is -2.40. The van der Waals surface area contributed by atoms with Crippen LogP contribution >= 0.6 is 0 Å². The molecule has 1 saturated heterocycles. The van der Waals surface area contributed by atoms with Crippen LogP contribution in [0.25, 0.3) is 0 Å². The maximum absolute atomic E-state index is 13.2. The zero-order valence-electron chi connectivity index (χ0n) is 14.6. The van der Waals surface area contributed by atoms with Crippen molar-refractivity contribution in [1.29, 1.82) is 0 Å². The maximum Gasteiger partial charge on any atom is 0.233 e. The van der Waals surface area contributed by atoms with Gasteiger partial charge in [0, 0.05) is 32.2 Å². The monoisotopic (exact) mass is 328 g/mol. The molecule has 1 aliphatic heterocycles. The fourth-order valence-corrected chi connectivity index (χ4v) is 4.74. The molecule has 4 heteroatoms. The normalized spacial score (nSPS) is 29.7. The van der Waals surface area contributed by atoms with Crippen molar-refractivity contribution in [2.24, 2.45) is 0 Å². The number of hydrogen-bond acceptors (Lipinski definition) is 3. The fourth-order valence-electron chi connectivity index (χ4n) is 4.74. The first-order valence-corrected chi connectivity index (χ1v) is 9.39. The molecule has 4 rings (SSSR count). The van der Waals surface area contributed by atoms with E-state index in [-0.39, 0.29) is 11.5 Å². The molecule has 130 valence electrons. The van der Waals surface area contributed by atoms with Crippen molar-refractivity contribution < 1.29 is 9.90 Å². The number of aliphatic hydroxyl groups is 1. The molecule has 3 aliphatic rings. The molecule has 24 heavy (non-hydrogen) atoms. The minimum Gasteiger partial charge on any atom is -0.391 e. The van der Waals surface area contributed by atoms with Crippen LogP contribution < -0.4 is 0 Å². The summed E-state index contributed by atoms with van der Waals surface area (Å²) in [5, 5.41) is 10.1. The molecule has 0 radical (unpaired) electrons. The Bertz CT molecular complexity index is 618. The van der Waals surface area contributed by atoms with Crippen LogP contribution in [0.3, 0.4) is 0 Å². The van der Waals surface area contributed by atoms with Gasteiger partial charge in [0.15, 0.2) is 0 Å². The smallest absolute Gasteiger partial charge is 0.233 e. The number of aryl methyl sites for hydroxylation is 1. The van der Waals surface area contributed by atoms with Crippen molar-refractivity contribution in [3.63, 3.8) is 0 Å². The minimum atomic E-state index is -0.250. The van der Waals surface area contributed by atoms with Gasteiger partial charge >= 0.3 is 0 Å². The van der Waals surface area contributed by atoms with Gasteiger partial charge in [0.05, 0.1) is 11.5 Å². The van der Waals surface area contributed by atoms with E-state index in [4.69, 9.17) is 0 Å². The van der Waals surface area contributed by atoms with Crippen LogP contribution in [-0.4, -0.2) is 59.1 Å². The highest BCUT2D eigenvalue weighted by Crippen LogP contribution is 2.50. The van der Waals surface area contributed by atoms with Crippen LogP contribution in [-0.2, 0) is 10.2 Å². The summed E-state index contributed by atoms with van der Waals surface area (Å²) in [6.45, 7) is 5.52. The summed E-state index contributed by atoms with van der Waals surface area (Å²) in [5.74, 6) is 0.323. The Hall–Kier alpha value is -1.39.